The van der Waals surface area contributed by atoms with Gasteiger partial charge >= 0.3 is 0 Å². The molecule has 3 aliphatic rings. The first kappa shape index (κ1) is 24.1. The number of amides is 1. The number of rotatable bonds is 4. The predicted molar refractivity (Wildman–Crippen MR) is 132 cm³/mol. The monoisotopic (exact) mass is 508 g/mol. The average molecular weight is 509 g/mol. The van der Waals surface area contributed by atoms with Crippen LogP contribution in [0.5, 0.6) is 5.75 Å². The Bertz CT molecular complexity index is 1400. The number of pyridine rings is 1. The molecule has 0 spiro atoms. The number of aromatic nitrogens is 1. The second kappa shape index (κ2) is 8.49. The maximum atomic E-state index is 13.7. The minimum atomic E-state index is -2.58. The highest BCUT2D eigenvalue weighted by Gasteiger charge is 2.60. The number of fused-ring (bicyclic) bond motifs is 3. The van der Waals surface area contributed by atoms with E-state index >= 15 is 0 Å². The SMILES string of the molecule is CSCc1cc(-c2ccccn2)c2c(c1O)C(O)=C1C(=O)[C@]3(O)C(O)=C(C(N)=O)C(=O)C[C@@H]3C[C@@H]1C2. The molecule has 1 amide bonds. The number of nitrogens with two attached hydrogens (primary N) is 1. The van der Waals surface area contributed by atoms with Crippen LogP contribution in [0.3, 0.4) is 0 Å². The third-order valence-electron chi connectivity index (χ3n) is 7.38. The number of carbonyl (C=O) groups excluding carboxylic acids is 3. The number of thioether (sulfide) groups is 1. The number of hydrogen-bond donors (Lipinski definition) is 5. The van der Waals surface area contributed by atoms with E-state index in [9.17, 15) is 34.8 Å². The lowest BCUT2D eigenvalue weighted by atomic mass is 9.59. The number of primary amides is 1. The Morgan fingerprint density at radius 3 is 2.61 bits per heavy atom. The quantitative estimate of drug-likeness (QED) is 0.389. The van der Waals surface area contributed by atoms with Crippen molar-refractivity contribution in [3.05, 3.63) is 64.1 Å². The van der Waals surface area contributed by atoms with Crippen molar-refractivity contribution in [2.75, 3.05) is 6.26 Å². The zero-order chi connectivity index (χ0) is 25.9. The highest BCUT2D eigenvalue weighted by atomic mass is 32.2. The molecule has 1 heterocycles. The maximum Gasteiger partial charge on any atom is 0.255 e. The maximum absolute atomic E-state index is 13.7. The summed E-state index contributed by atoms with van der Waals surface area (Å²) < 4.78 is 0. The van der Waals surface area contributed by atoms with E-state index in [-0.39, 0.29) is 36.1 Å². The Hall–Kier alpha value is -3.63. The van der Waals surface area contributed by atoms with Crippen LogP contribution in [-0.4, -0.2) is 54.7 Å². The van der Waals surface area contributed by atoms with Crippen molar-refractivity contribution in [3.8, 4) is 17.0 Å². The Morgan fingerprint density at radius 2 is 1.97 bits per heavy atom. The molecule has 3 atom stereocenters. The lowest BCUT2D eigenvalue weighted by Crippen LogP contribution is -2.58. The Kier molecular flexibility index (Phi) is 5.68. The van der Waals surface area contributed by atoms with Gasteiger partial charge in [-0.05, 0) is 48.8 Å². The standard InChI is InChI=1S/C26H24N2O7S/c1-36-10-12-8-14(16-4-2-3-5-28-16)15-7-11-6-13-9-17(29)20(25(27)34)24(33)26(13,35)23(32)18(11)22(31)19(15)21(12)30/h2-5,8,11,13,30-31,33,35H,6-7,9-10H2,1H3,(H2,27,34)/t11-,13+,26+/m1/s1. The number of nitrogens with zero attached hydrogens (tertiary/aromatic N) is 1. The van der Waals surface area contributed by atoms with Gasteiger partial charge in [0.15, 0.2) is 11.4 Å². The number of benzene rings is 1. The number of aromatic hydroxyl groups is 1. The van der Waals surface area contributed by atoms with Gasteiger partial charge in [0, 0.05) is 41.0 Å². The third-order valence-corrected chi connectivity index (χ3v) is 7.98. The van der Waals surface area contributed by atoms with Crippen molar-refractivity contribution < 1.29 is 34.8 Å². The lowest BCUT2D eigenvalue weighted by molar-refractivity contribution is -0.147. The molecule has 36 heavy (non-hydrogen) atoms. The van der Waals surface area contributed by atoms with Crippen molar-refractivity contribution in [2.45, 2.75) is 30.6 Å². The Morgan fingerprint density at radius 1 is 1.22 bits per heavy atom. The van der Waals surface area contributed by atoms with Crippen LogP contribution in [0.1, 0.15) is 29.5 Å². The highest BCUT2D eigenvalue weighted by molar-refractivity contribution is 7.97. The molecule has 3 aliphatic carbocycles. The molecule has 1 saturated carbocycles. The van der Waals surface area contributed by atoms with E-state index in [4.69, 9.17) is 5.73 Å². The molecular weight excluding hydrogens is 484 g/mol. The molecule has 0 aliphatic heterocycles. The Labute approximate surface area is 210 Å². The zero-order valence-electron chi connectivity index (χ0n) is 19.3. The number of hydrogen-bond acceptors (Lipinski definition) is 9. The molecule has 1 aromatic carbocycles. The summed E-state index contributed by atoms with van der Waals surface area (Å²) in [6, 6.07) is 7.23. The van der Waals surface area contributed by atoms with E-state index in [1.165, 1.54) is 11.8 Å². The van der Waals surface area contributed by atoms with Crippen molar-refractivity contribution in [3.63, 3.8) is 0 Å². The summed E-state index contributed by atoms with van der Waals surface area (Å²) in [6.07, 6.45) is 3.46. The molecule has 1 aromatic heterocycles. The van der Waals surface area contributed by atoms with Gasteiger partial charge in [0.1, 0.15) is 22.8 Å². The van der Waals surface area contributed by atoms with E-state index in [0.29, 0.717) is 28.1 Å². The van der Waals surface area contributed by atoms with E-state index in [1.54, 1.807) is 12.3 Å². The van der Waals surface area contributed by atoms with Gasteiger partial charge in [-0.2, -0.15) is 11.8 Å². The van der Waals surface area contributed by atoms with E-state index in [1.807, 2.05) is 24.5 Å². The molecule has 5 rings (SSSR count). The highest BCUT2D eigenvalue weighted by Crippen LogP contribution is 2.53. The minimum Gasteiger partial charge on any atom is -0.508 e. The average Bonchev–Trinajstić information content (AvgIpc) is 2.83. The number of phenolic OH excluding ortho intramolecular Hbond substituents is 1. The molecule has 6 N–H and O–H groups in total. The normalized spacial score (nSPS) is 25.4. The van der Waals surface area contributed by atoms with E-state index < -0.39 is 52.0 Å². The summed E-state index contributed by atoms with van der Waals surface area (Å²) in [5.74, 6) is -5.94. The lowest BCUT2D eigenvalue weighted by Gasteiger charge is -2.46. The van der Waals surface area contributed by atoms with Gasteiger partial charge in [0.05, 0.1) is 11.3 Å². The zero-order valence-corrected chi connectivity index (χ0v) is 20.1. The molecule has 10 heteroatoms. The molecule has 0 bridgehead atoms. The summed E-state index contributed by atoms with van der Waals surface area (Å²) >= 11 is 1.47. The second-order valence-corrected chi connectivity index (χ2v) is 10.2. The summed E-state index contributed by atoms with van der Waals surface area (Å²) in [6.45, 7) is 0. The topological polar surface area (TPSA) is 171 Å². The summed E-state index contributed by atoms with van der Waals surface area (Å²) in [4.78, 5) is 42.4. The molecule has 0 radical (unpaired) electrons. The number of phenols is 1. The molecular formula is C26H24N2O7S. The minimum absolute atomic E-state index is 0.0781. The predicted octanol–water partition coefficient (Wildman–Crippen LogP) is 2.35. The van der Waals surface area contributed by atoms with Gasteiger partial charge in [-0.1, -0.05) is 6.07 Å². The molecule has 0 unspecified atom stereocenters. The first-order chi connectivity index (χ1) is 17.1. The fraction of sp³-hybridized carbons (Fsp3) is 0.308. The smallest absolute Gasteiger partial charge is 0.255 e. The first-order valence-corrected chi connectivity index (χ1v) is 12.8. The van der Waals surface area contributed by atoms with Crippen molar-refractivity contribution in [1.29, 1.82) is 0 Å². The number of ketones is 2. The second-order valence-electron chi connectivity index (χ2n) is 9.34. The number of Topliss-reactive ketones (excluding diaryl/α,β-unsaturated/α-hetero) is 2. The summed E-state index contributed by atoms with van der Waals surface area (Å²) in [5.41, 5.74) is 4.23. The van der Waals surface area contributed by atoms with E-state index in [0.717, 1.165) is 0 Å². The first-order valence-electron chi connectivity index (χ1n) is 11.4. The molecule has 2 aromatic rings. The Balaban J connectivity index is 1.75. The van der Waals surface area contributed by atoms with Gasteiger partial charge in [-0.3, -0.25) is 19.4 Å². The van der Waals surface area contributed by atoms with Crippen molar-refractivity contribution >= 4 is 35.0 Å². The van der Waals surface area contributed by atoms with Crippen LogP contribution in [0.15, 0.2) is 47.4 Å². The van der Waals surface area contributed by atoms with Gasteiger partial charge < -0.3 is 26.2 Å². The third kappa shape index (κ3) is 3.28. The number of carbonyl (C=O) groups is 3. The van der Waals surface area contributed by atoms with Crippen LogP contribution in [-0.2, 0) is 26.6 Å². The van der Waals surface area contributed by atoms with Crippen LogP contribution in [0.2, 0.25) is 0 Å². The summed E-state index contributed by atoms with van der Waals surface area (Å²) in [7, 11) is 0. The van der Waals surface area contributed by atoms with Crippen molar-refractivity contribution in [1.82, 2.24) is 4.98 Å². The molecule has 0 saturated heterocycles. The number of aliphatic hydroxyl groups excluding tert-OH is 2. The summed E-state index contributed by atoms with van der Waals surface area (Å²) in [5, 5.41) is 44.6. The van der Waals surface area contributed by atoms with Gasteiger partial charge in [0.25, 0.3) is 5.91 Å². The van der Waals surface area contributed by atoms with Crippen molar-refractivity contribution in [2.24, 2.45) is 17.6 Å². The van der Waals surface area contributed by atoms with Crippen LogP contribution in [0.4, 0.5) is 0 Å². The van der Waals surface area contributed by atoms with Crippen LogP contribution in [0.25, 0.3) is 17.0 Å². The van der Waals surface area contributed by atoms with Crippen LogP contribution >= 0.6 is 11.8 Å². The van der Waals surface area contributed by atoms with Crippen LogP contribution in [0, 0.1) is 11.8 Å². The molecule has 1 fully saturated rings. The fourth-order valence-electron chi connectivity index (χ4n) is 5.76. The van der Waals surface area contributed by atoms with Crippen LogP contribution < -0.4 is 5.73 Å². The van der Waals surface area contributed by atoms with Gasteiger partial charge in [-0.15, -0.1) is 0 Å². The van der Waals surface area contributed by atoms with Gasteiger partial charge in [0.2, 0.25) is 5.78 Å². The van der Waals surface area contributed by atoms with Gasteiger partial charge in [-0.25, -0.2) is 0 Å². The largest absolute Gasteiger partial charge is 0.508 e. The van der Waals surface area contributed by atoms with E-state index in [2.05, 4.69) is 4.98 Å². The fourth-order valence-corrected chi connectivity index (χ4v) is 6.29. The molecule has 9 nitrogen and oxygen atoms in total. The number of aliphatic hydroxyl groups is 3. The molecule has 186 valence electrons.